The Bertz CT molecular complexity index is 290. The quantitative estimate of drug-likeness (QED) is 0.794. The van der Waals surface area contributed by atoms with E-state index in [-0.39, 0.29) is 0 Å². The second-order valence-corrected chi connectivity index (χ2v) is 3.96. The van der Waals surface area contributed by atoms with Gasteiger partial charge in [-0.05, 0) is 12.8 Å². The van der Waals surface area contributed by atoms with Gasteiger partial charge in [-0.15, -0.1) is 10.2 Å². The van der Waals surface area contributed by atoms with Crippen LogP contribution in [0.1, 0.15) is 45.3 Å². The maximum atomic E-state index is 5.59. The van der Waals surface area contributed by atoms with E-state index in [4.69, 9.17) is 5.73 Å². The van der Waals surface area contributed by atoms with Gasteiger partial charge < -0.3 is 10.3 Å². The van der Waals surface area contributed by atoms with Gasteiger partial charge in [0.25, 0.3) is 0 Å². The van der Waals surface area contributed by atoms with Gasteiger partial charge in [-0.25, -0.2) is 0 Å². The van der Waals surface area contributed by atoms with Crippen LogP contribution in [0.4, 0.5) is 0 Å². The molecule has 0 radical (unpaired) electrons. The Morgan fingerprint density at radius 3 is 2.36 bits per heavy atom. The second-order valence-electron chi connectivity index (χ2n) is 3.96. The first-order valence-electron chi connectivity index (χ1n) is 5.23. The molecule has 1 unspecified atom stereocenters. The van der Waals surface area contributed by atoms with Crippen LogP contribution in [-0.2, 0) is 13.1 Å². The van der Waals surface area contributed by atoms with Crippen molar-refractivity contribution in [2.24, 2.45) is 11.7 Å². The van der Waals surface area contributed by atoms with Crippen molar-refractivity contribution in [2.45, 2.75) is 46.7 Å². The molecule has 0 saturated carbocycles. The minimum absolute atomic E-state index is 0.433. The number of rotatable bonds is 4. The molecule has 1 rings (SSSR count). The van der Waals surface area contributed by atoms with Crippen molar-refractivity contribution < 1.29 is 0 Å². The van der Waals surface area contributed by atoms with E-state index in [1.807, 2.05) is 0 Å². The summed E-state index contributed by atoms with van der Waals surface area (Å²) in [6.45, 7) is 10.0. The third kappa shape index (κ3) is 1.95. The fourth-order valence-electron chi connectivity index (χ4n) is 1.48. The Kier molecular flexibility index (Phi) is 3.63. The highest BCUT2D eigenvalue weighted by molar-refractivity contribution is 5.01. The van der Waals surface area contributed by atoms with E-state index >= 15 is 0 Å². The third-order valence-corrected chi connectivity index (χ3v) is 2.76. The maximum Gasteiger partial charge on any atom is 0.146 e. The molecule has 4 heteroatoms. The molecular formula is C10H20N4. The minimum Gasteiger partial charge on any atom is -0.324 e. The van der Waals surface area contributed by atoms with Gasteiger partial charge in [0, 0.05) is 12.5 Å². The molecule has 0 bridgehead atoms. The summed E-state index contributed by atoms with van der Waals surface area (Å²) in [4.78, 5) is 0. The van der Waals surface area contributed by atoms with E-state index in [9.17, 15) is 0 Å². The molecule has 1 aromatic heterocycles. The first kappa shape index (κ1) is 11.2. The SMILES string of the molecule is CCn1c(CN)nnc1C(C)C(C)C. The van der Waals surface area contributed by atoms with Crippen LogP contribution >= 0.6 is 0 Å². The molecule has 0 aromatic carbocycles. The number of aromatic nitrogens is 3. The first-order valence-corrected chi connectivity index (χ1v) is 5.23. The van der Waals surface area contributed by atoms with Crippen LogP contribution < -0.4 is 5.73 Å². The highest BCUT2D eigenvalue weighted by Gasteiger charge is 2.18. The Balaban J connectivity index is 3.02. The summed E-state index contributed by atoms with van der Waals surface area (Å²) >= 11 is 0. The molecular weight excluding hydrogens is 176 g/mol. The zero-order valence-corrected chi connectivity index (χ0v) is 9.49. The van der Waals surface area contributed by atoms with Gasteiger partial charge in [0.05, 0.1) is 6.54 Å². The lowest BCUT2D eigenvalue weighted by molar-refractivity contribution is 0.483. The summed E-state index contributed by atoms with van der Waals surface area (Å²) < 4.78 is 2.12. The summed E-state index contributed by atoms with van der Waals surface area (Å²) in [6, 6.07) is 0. The number of nitrogens with two attached hydrogens (primary N) is 1. The Hall–Kier alpha value is -0.900. The van der Waals surface area contributed by atoms with Crippen molar-refractivity contribution in [2.75, 3.05) is 0 Å². The average molecular weight is 196 g/mol. The third-order valence-electron chi connectivity index (χ3n) is 2.76. The zero-order valence-electron chi connectivity index (χ0n) is 9.49. The molecule has 1 aromatic rings. The molecule has 14 heavy (non-hydrogen) atoms. The molecule has 0 aliphatic rings. The number of hydrogen-bond acceptors (Lipinski definition) is 3. The van der Waals surface area contributed by atoms with Crippen LogP contribution in [0.15, 0.2) is 0 Å². The number of hydrogen-bond donors (Lipinski definition) is 1. The van der Waals surface area contributed by atoms with E-state index in [1.54, 1.807) is 0 Å². The fraction of sp³-hybridized carbons (Fsp3) is 0.800. The van der Waals surface area contributed by atoms with Gasteiger partial charge in [-0.3, -0.25) is 0 Å². The molecule has 4 nitrogen and oxygen atoms in total. The van der Waals surface area contributed by atoms with Crippen LogP contribution in [-0.4, -0.2) is 14.8 Å². The van der Waals surface area contributed by atoms with Gasteiger partial charge in [0.15, 0.2) is 0 Å². The van der Waals surface area contributed by atoms with Gasteiger partial charge >= 0.3 is 0 Å². The van der Waals surface area contributed by atoms with Gasteiger partial charge in [-0.1, -0.05) is 20.8 Å². The lowest BCUT2D eigenvalue weighted by Crippen LogP contribution is -2.14. The minimum atomic E-state index is 0.433. The standard InChI is InChI=1S/C10H20N4/c1-5-14-9(6-11)12-13-10(14)8(4)7(2)3/h7-8H,5-6,11H2,1-4H3. The van der Waals surface area contributed by atoms with E-state index < -0.39 is 0 Å². The van der Waals surface area contributed by atoms with E-state index in [0.717, 1.165) is 18.2 Å². The molecule has 0 aliphatic heterocycles. The maximum absolute atomic E-state index is 5.59. The Morgan fingerprint density at radius 2 is 1.93 bits per heavy atom. The normalized spacial score (nSPS) is 13.6. The average Bonchev–Trinajstić information content (AvgIpc) is 2.58. The molecule has 0 aliphatic carbocycles. The van der Waals surface area contributed by atoms with Gasteiger partial charge in [-0.2, -0.15) is 0 Å². The summed E-state index contributed by atoms with van der Waals surface area (Å²) in [5, 5.41) is 8.31. The monoisotopic (exact) mass is 196 g/mol. The van der Waals surface area contributed by atoms with Crippen LogP contribution in [0.3, 0.4) is 0 Å². The van der Waals surface area contributed by atoms with Crippen molar-refractivity contribution in [3.05, 3.63) is 11.6 Å². The van der Waals surface area contributed by atoms with Crippen LogP contribution in [0.2, 0.25) is 0 Å². The summed E-state index contributed by atoms with van der Waals surface area (Å²) in [7, 11) is 0. The van der Waals surface area contributed by atoms with Crippen molar-refractivity contribution >= 4 is 0 Å². The summed E-state index contributed by atoms with van der Waals surface area (Å²) in [6.07, 6.45) is 0. The topological polar surface area (TPSA) is 56.7 Å². The van der Waals surface area contributed by atoms with Crippen molar-refractivity contribution in [1.82, 2.24) is 14.8 Å². The number of nitrogens with zero attached hydrogens (tertiary/aromatic N) is 3. The molecule has 1 atom stereocenters. The fourth-order valence-corrected chi connectivity index (χ4v) is 1.48. The second kappa shape index (κ2) is 4.55. The zero-order chi connectivity index (χ0) is 10.7. The first-order chi connectivity index (χ1) is 6.61. The predicted molar refractivity (Wildman–Crippen MR) is 56.8 cm³/mol. The largest absolute Gasteiger partial charge is 0.324 e. The van der Waals surface area contributed by atoms with Gasteiger partial charge in [0.2, 0.25) is 0 Å². The molecule has 0 fully saturated rings. The lowest BCUT2D eigenvalue weighted by Gasteiger charge is -2.16. The van der Waals surface area contributed by atoms with Crippen LogP contribution in [0.5, 0.6) is 0 Å². The smallest absolute Gasteiger partial charge is 0.146 e. The molecule has 0 saturated heterocycles. The Morgan fingerprint density at radius 1 is 1.29 bits per heavy atom. The molecule has 2 N–H and O–H groups in total. The van der Waals surface area contributed by atoms with Crippen molar-refractivity contribution in [3.63, 3.8) is 0 Å². The van der Waals surface area contributed by atoms with E-state index in [1.165, 1.54) is 0 Å². The highest BCUT2D eigenvalue weighted by atomic mass is 15.3. The van der Waals surface area contributed by atoms with Crippen molar-refractivity contribution in [3.8, 4) is 0 Å². The van der Waals surface area contributed by atoms with Crippen LogP contribution in [0, 0.1) is 5.92 Å². The highest BCUT2D eigenvalue weighted by Crippen LogP contribution is 2.22. The molecule has 1 heterocycles. The molecule has 0 amide bonds. The molecule has 80 valence electrons. The van der Waals surface area contributed by atoms with Crippen molar-refractivity contribution in [1.29, 1.82) is 0 Å². The van der Waals surface area contributed by atoms with E-state index in [2.05, 4.69) is 42.5 Å². The van der Waals surface area contributed by atoms with Gasteiger partial charge in [0.1, 0.15) is 11.6 Å². The lowest BCUT2D eigenvalue weighted by atomic mass is 9.97. The summed E-state index contributed by atoms with van der Waals surface area (Å²) in [5.41, 5.74) is 5.59. The predicted octanol–water partition coefficient (Wildman–Crippen LogP) is 1.52. The molecule has 0 spiro atoms. The van der Waals surface area contributed by atoms with E-state index in [0.29, 0.717) is 18.4 Å². The Labute approximate surface area is 85.5 Å². The summed E-state index contributed by atoms with van der Waals surface area (Å²) in [5.74, 6) is 2.95. The van der Waals surface area contributed by atoms with Crippen LogP contribution in [0.25, 0.3) is 0 Å².